The summed E-state index contributed by atoms with van der Waals surface area (Å²) in [5, 5.41) is 7.78. The smallest absolute Gasteiger partial charge is 0.225 e. The van der Waals surface area contributed by atoms with E-state index in [2.05, 4.69) is 15.6 Å². The lowest BCUT2D eigenvalue weighted by atomic mass is 10.0. The zero-order valence-electron chi connectivity index (χ0n) is 10.7. The van der Waals surface area contributed by atoms with Gasteiger partial charge in [0.2, 0.25) is 5.91 Å². The molecule has 2 heterocycles. The molecule has 1 aliphatic heterocycles. The Hall–Kier alpha value is -0.880. The van der Waals surface area contributed by atoms with Gasteiger partial charge in [-0.3, -0.25) is 4.79 Å². The minimum absolute atomic E-state index is 0. The lowest BCUT2D eigenvalue weighted by molar-refractivity contribution is -0.126. The lowest BCUT2D eigenvalue weighted by Gasteiger charge is -2.25. The van der Waals surface area contributed by atoms with Crippen LogP contribution in [-0.2, 0) is 11.2 Å². The number of nitrogens with zero attached hydrogens (tertiary/aromatic N) is 1. The van der Waals surface area contributed by atoms with Crippen molar-refractivity contribution in [2.75, 3.05) is 19.6 Å². The largest absolute Gasteiger partial charge is 0.355 e. The Balaban J connectivity index is 0.00000147. The van der Waals surface area contributed by atoms with Crippen LogP contribution >= 0.6 is 35.3 Å². The molecule has 0 unspecified atom stereocenters. The normalized spacial score (nSPS) is 14.7. The number of benzene rings is 1. The molecular formula is C13H15Cl2N3OS. The highest BCUT2D eigenvalue weighted by Crippen LogP contribution is 2.25. The molecule has 1 aromatic carbocycles. The van der Waals surface area contributed by atoms with Crippen molar-refractivity contribution >= 4 is 51.5 Å². The first-order valence-corrected chi connectivity index (χ1v) is 7.45. The second-order valence-corrected chi connectivity index (χ2v) is 6.17. The van der Waals surface area contributed by atoms with E-state index in [1.54, 1.807) is 11.3 Å². The summed E-state index contributed by atoms with van der Waals surface area (Å²) >= 11 is 7.59. The van der Waals surface area contributed by atoms with Crippen molar-refractivity contribution in [2.24, 2.45) is 5.92 Å². The molecule has 1 fully saturated rings. The number of rotatable bonds is 4. The third kappa shape index (κ3) is 3.41. The Morgan fingerprint density at radius 3 is 3.00 bits per heavy atom. The number of hydrogen-bond acceptors (Lipinski definition) is 4. The quantitative estimate of drug-likeness (QED) is 0.903. The van der Waals surface area contributed by atoms with Gasteiger partial charge in [0.15, 0.2) is 0 Å². The molecule has 2 N–H and O–H groups in total. The predicted molar refractivity (Wildman–Crippen MR) is 85.0 cm³/mol. The van der Waals surface area contributed by atoms with Gasteiger partial charge in [-0.1, -0.05) is 11.6 Å². The van der Waals surface area contributed by atoms with Crippen molar-refractivity contribution in [3.63, 3.8) is 0 Å². The Labute approximate surface area is 132 Å². The summed E-state index contributed by atoms with van der Waals surface area (Å²) < 4.78 is 1.13. The van der Waals surface area contributed by atoms with E-state index in [-0.39, 0.29) is 24.2 Å². The number of aromatic nitrogens is 1. The van der Waals surface area contributed by atoms with E-state index in [4.69, 9.17) is 11.6 Å². The van der Waals surface area contributed by atoms with Crippen LogP contribution in [0.1, 0.15) is 5.01 Å². The van der Waals surface area contributed by atoms with E-state index in [1.807, 2.05) is 18.2 Å². The maximum atomic E-state index is 11.6. The highest BCUT2D eigenvalue weighted by Gasteiger charge is 2.24. The van der Waals surface area contributed by atoms with Gasteiger partial charge in [-0.2, -0.15) is 0 Å². The minimum atomic E-state index is 0. The minimum Gasteiger partial charge on any atom is -0.355 e. The molecule has 4 nitrogen and oxygen atoms in total. The third-order valence-corrected chi connectivity index (χ3v) is 4.52. The fourth-order valence-corrected chi connectivity index (χ4v) is 3.08. The summed E-state index contributed by atoms with van der Waals surface area (Å²) in [5.74, 6) is 0.289. The molecule has 1 aromatic heterocycles. The van der Waals surface area contributed by atoms with Crippen LogP contribution in [0.15, 0.2) is 18.2 Å². The maximum absolute atomic E-state index is 11.6. The standard InChI is InChI=1S/C13H14ClN3OS.ClH/c14-9-1-2-11-10(5-9)17-12(19-11)3-4-16-13(18)8-6-15-7-8;/h1-2,5,8,15H,3-4,6-7H2,(H,16,18);1H. The van der Waals surface area contributed by atoms with E-state index < -0.39 is 0 Å². The molecular weight excluding hydrogens is 317 g/mol. The van der Waals surface area contributed by atoms with Crippen LogP contribution in [0.5, 0.6) is 0 Å². The lowest BCUT2D eigenvalue weighted by Crippen LogP contribution is -2.51. The Morgan fingerprint density at radius 2 is 2.30 bits per heavy atom. The van der Waals surface area contributed by atoms with Crippen LogP contribution in [0, 0.1) is 5.92 Å². The molecule has 3 rings (SSSR count). The summed E-state index contributed by atoms with van der Waals surface area (Å²) in [5.41, 5.74) is 0.932. The number of carbonyl (C=O) groups is 1. The first-order valence-electron chi connectivity index (χ1n) is 6.26. The zero-order valence-corrected chi connectivity index (χ0v) is 13.1. The van der Waals surface area contributed by atoms with E-state index in [0.29, 0.717) is 11.6 Å². The van der Waals surface area contributed by atoms with E-state index in [0.717, 1.165) is 34.7 Å². The number of amides is 1. The van der Waals surface area contributed by atoms with Crippen LogP contribution in [-0.4, -0.2) is 30.5 Å². The maximum Gasteiger partial charge on any atom is 0.225 e. The van der Waals surface area contributed by atoms with Gasteiger partial charge in [-0.05, 0) is 18.2 Å². The number of fused-ring (bicyclic) bond motifs is 1. The number of carbonyl (C=O) groups excluding carboxylic acids is 1. The molecule has 108 valence electrons. The summed E-state index contributed by atoms with van der Waals surface area (Å²) in [7, 11) is 0. The van der Waals surface area contributed by atoms with Gasteiger partial charge < -0.3 is 10.6 Å². The molecule has 1 amide bonds. The Morgan fingerprint density at radius 1 is 1.50 bits per heavy atom. The van der Waals surface area contributed by atoms with Gasteiger partial charge in [0.25, 0.3) is 0 Å². The molecule has 2 aromatic rings. The van der Waals surface area contributed by atoms with Gasteiger partial charge >= 0.3 is 0 Å². The molecule has 0 spiro atoms. The van der Waals surface area contributed by atoms with Crippen LogP contribution in [0.4, 0.5) is 0 Å². The number of thiazole rings is 1. The number of nitrogens with one attached hydrogen (secondary N) is 2. The van der Waals surface area contributed by atoms with Crippen LogP contribution in [0.3, 0.4) is 0 Å². The van der Waals surface area contributed by atoms with Crippen molar-refractivity contribution in [2.45, 2.75) is 6.42 Å². The summed E-state index contributed by atoms with van der Waals surface area (Å²) in [4.78, 5) is 16.2. The number of hydrogen-bond donors (Lipinski definition) is 2. The number of halogens is 2. The van der Waals surface area contributed by atoms with Crippen molar-refractivity contribution in [3.8, 4) is 0 Å². The second-order valence-electron chi connectivity index (χ2n) is 4.62. The molecule has 0 aliphatic carbocycles. The zero-order chi connectivity index (χ0) is 13.2. The van der Waals surface area contributed by atoms with Crippen molar-refractivity contribution < 1.29 is 4.79 Å². The van der Waals surface area contributed by atoms with Gasteiger partial charge in [0, 0.05) is 31.1 Å². The summed E-state index contributed by atoms with van der Waals surface area (Å²) in [6.07, 6.45) is 0.767. The molecule has 20 heavy (non-hydrogen) atoms. The molecule has 0 radical (unpaired) electrons. The molecule has 7 heteroatoms. The van der Waals surface area contributed by atoms with Gasteiger partial charge in [0.1, 0.15) is 0 Å². The summed E-state index contributed by atoms with van der Waals surface area (Å²) in [6.45, 7) is 2.24. The molecule has 0 atom stereocenters. The van der Waals surface area contributed by atoms with Gasteiger partial charge in [0.05, 0.1) is 21.1 Å². The first kappa shape index (κ1) is 15.5. The molecule has 1 aliphatic rings. The van der Waals surface area contributed by atoms with E-state index >= 15 is 0 Å². The monoisotopic (exact) mass is 331 g/mol. The van der Waals surface area contributed by atoms with Crippen LogP contribution in [0.25, 0.3) is 10.2 Å². The topological polar surface area (TPSA) is 54.0 Å². The first-order chi connectivity index (χ1) is 9.22. The second kappa shape index (κ2) is 6.72. The predicted octanol–water partition coefficient (Wildman–Crippen LogP) is 2.25. The van der Waals surface area contributed by atoms with Crippen molar-refractivity contribution in [1.29, 1.82) is 0 Å². The Bertz CT molecular complexity index is 613. The van der Waals surface area contributed by atoms with E-state index in [9.17, 15) is 4.79 Å². The SMILES string of the molecule is Cl.O=C(NCCc1nc2cc(Cl)ccc2s1)C1CNC1. The van der Waals surface area contributed by atoms with Gasteiger partial charge in [-0.15, -0.1) is 23.7 Å². The Kier molecular flexibility index (Phi) is 5.21. The fraction of sp³-hybridized carbons (Fsp3) is 0.385. The van der Waals surface area contributed by atoms with Crippen LogP contribution < -0.4 is 10.6 Å². The van der Waals surface area contributed by atoms with Crippen molar-refractivity contribution in [3.05, 3.63) is 28.2 Å². The van der Waals surface area contributed by atoms with E-state index in [1.165, 1.54) is 0 Å². The average Bonchev–Trinajstić information content (AvgIpc) is 2.68. The molecule has 1 saturated heterocycles. The molecule has 0 saturated carbocycles. The summed E-state index contributed by atoms with van der Waals surface area (Å²) in [6, 6.07) is 5.73. The average molecular weight is 332 g/mol. The van der Waals surface area contributed by atoms with Gasteiger partial charge in [-0.25, -0.2) is 4.98 Å². The highest BCUT2D eigenvalue weighted by atomic mass is 35.5. The third-order valence-electron chi connectivity index (χ3n) is 3.18. The highest BCUT2D eigenvalue weighted by molar-refractivity contribution is 7.18. The molecule has 0 bridgehead atoms. The van der Waals surface area contributed by atoms with Crippen LogP contribution in [0.2, 0.25) is 5.02 Å². The van der Waals surface area contributed by atoms with Crippen molar-refractivity contribution in [1.82, 2.24) is 15.6 Å². The fourth-order valence-electron chi connectivity index (χ4n) is 1.97.